The van der Waals surface area contributed by atoms with Crippen molar-refractivity contribution in [2.45, 2.75) is 31.3 Å². The summed E-state index contributed by atoms with van der Waals surface area (Å²) in [6.07, 6.45) is 9.06. The molecule has 3 aromatic heterocycles. The highest BCUT2D eigenvalue weighted by Gasteiger charge is 2.43. The third-order valence-electron chi connectivity index (χ3n) is 7.95. The summed E-state index contributed by atoms with van der Waals surface area (Å²) in [6, 6.07) is 13.2. The van der Waals surface area contributed by atoms with Crippen molar-refractivity contribution in [3.63, 3.8) is 0 Å². The molecule has 0 saturated carbocycles. The number of fused-ring (bicyclic) bond motifs is 3. The molecule has 38 heavy (non-hydrogen) atoms. The molecule has 0 amide bonds. The van der Waals surface area contributed by atoms with E-state index in [0.717, 1.165) is 78.8 Å². The van der Waals surface area contributed by atoms with Crippen LogP contribution in [0.3, 0.4) is 0 Å². The Balaban J connectivity index is 1.04. The van der Waals surface area contributed by atoms with Gasteiger partial charge in [0.05, 0.1) is 29.7 Å². The van der Waals surface area contributed by atoms with Gasteiger partial charge < -0.3 is 20.2 Å². The monoisotopic (exact) mass is 509 g/mol. The van der Waals surface area contributed by atoms with Gasteiger partial charge in [0.2, 0.25) is 11.9 Å². The molecule has 0 aliphatic carbocycles. The van der Waals surface area contributed by atoms with Gasteiger partial charge in [-0.1, -0.05) is 6.07 Å². The van der Waals surface area contributed by atoms with E-state index in [0.29, 0.717) is 18.0 Å². The minimum Gasteiger partial charge on any atom is -0.395 e. The summed E-state index contributed by atoms with van der Waals surface area (Å²) in [5.74, 6) is 2.34. The van der Waals surface area contributed by atoms with Gasteiger partial charge in [-0.3, -0.25) is 4.90 Å². The third-order valence-corrected chi connectivity index (χ3v) is 7.95. The highest BCUT2D eigenvalue weighted by molar-refractivity contribution is 5.84. The smallest absolute Gasteiger partial charge is 0.227 e. The van der Waals surface area contributed by atoms with Crippen LogP contribution in [0.15, 0.2) is 55.0 Å². The van der Waals surface area contributed by atoms with E-state index in [1.165, 1.54) is 12.8 Å². The van der Waals surface area contributed by atoms with Crippen molar-refractivity contribution in [2.75, 3.05) is 54.4 Å². The van der Waals surface area contributed by atoms with E-state index < -0.39 is 0 Å². The quantitative estimate of drug-likeness (QED) is 0.386. The summed E-state index contributed by atoms with van der Waals surface area (Å²) in [5, 5.41) is 13.6. The van der Waals surface area contributed by atoms with E-state index in [-0.39, 0.29) is 6.61 Å². The van der Waals surface area contributed by atoms with Crippen molar-refractivity contribution in [1.29, 1.82) is 0 Å². The Morgan fingerprint density at radius 2 is 1.84 bits per heavy atom. The van der Waals surface area contributed by atoms with Gasteiger partial charge in [-0.05, 0) is 49.6 Å². The van der Waals surface area contributed by atoms with Gasteiger partial charge >= 0.3 is 0 Å². The Morgan fingerprint density at radius 3 is 2.63 bits per heavy atom. The van der Waals surface area contributed by atoms with Crippen molar-refractivity contribution < 1.29 is 5.11 Å². The van der Waals surface area contributed by atoms with Crippen LogP contribution in [0.25, 0.3) is 22.2 Å². The van der Waals surface area contributed by atoms with E-state index in [4.69, 9.17) is 15.0 Å². The van der Waals surface area contributed by atoms with E-state index in [2.05, 4.69) is 48.2 Å². The number of nitrogens with zero attached hydrogens (tertiary/aromatic N) is 8. The molecule has 194 valence electrons. The molecule has 7 rings (SSSR count). The van der Waals surface area contributed by atoms with Gasteiger partial charge in [-0.2, -0.15) is 0 Å². The van der Waals surface area contributed by atoms with E-state index in [9.17, 15) is 5.11 Å². The standard InChI is InChI=1S/C28H31N9O/c38-12-11-36-17-23-14-22(36)18-37(23)26-6-4-21(16-30-26)32-27-29-8-7-25(33-27)19-3-5-24-20(13-19)15-31-28(34-24)35-9-1-2-10-35/h3-8,13,15-16,22-23,38H,1-2,9-12,14,17-18H2,(H,29,32,33)/t22?,23-/m0/s1. The molecule has 10 nitrogen and oxygen atoms in total. The molecular weight excluding hydrogens is 478 g/mol. The predicted octanol–water partition coefficient (Wildman–Crippen LogP) is 3.08. The van der Waals surface area contributed by atoms with Gasteiger partial charge in [0, 0.05) is 68.2 Å². The molecule has 1 aromatic carbocycles. The molecule has 3 fully saturated rings. The van der Waals surface area contributed by atoms with Crippen molar-refractivity contribution >= 4 is 34.3 Å². The summed E-state index contributed by atoms with van der Waals surface area (Å²) < 4.78 is 0. The van der Waals surface area contributed by atoms with Crippen LogP contribution in [-0.2, 0) is 0 Å². The normalized spacial score (nSPS) is 21.1. The number of aliphatic hydroxyl groups is 1. The highest BCUT2D eigenvalue weighted by atomic mass is 16.3. The first-order chi connectivity index (χ1) is 18.7. The average molecular weight is 510 g/mol. The van der Waals surface area contributed by atoms with Crippen LogP contribution in [0.4, 0.5) is 23.4 Å². The zero-order valence-electron chi connectivity index (χ0n) is 21.2. The fourth-order valence-corrected chi connectivity index (χ4v) is 6.02. The second kappa shape index (κ2) is 9.77. The van der Waals surface area contributed by atoms with E-state index in [1.54, 1.807) is 6.20 Å². The van der Waals surface area contributed by atoms with Crippen LogP contribution in [0.1, 0.15) is 19.3 Å². The zero-order valence-corrected chi connectivity index (χ0v) is 21.2. The molecule has 1 unspecified atom stereocenters. The summed E-state index contributed by atoms with van der Waals surface area (Å²) in [5.41, 5.74) is 3.61. The molecule has 2 bridgehead atoms. The van der Waals surface area contributed by atoms with Gasteiger partial charge in [0.15, 0.2) is 0 Å². The van der Waals surface area contributed by atoms with Gasteiger partial charge in [0.25, 0.3) is 0 Å². The van der Waals surface area contributed by atoms with Crippen molar-refractivity contribution in [3.8, 4) is 11.3 Å². The fraction of sp³-hybridized carbons (Fsp3) is 0.393. The first-order valence-electron chi connectivity index (χ1n) is 13.4. The van der Waals surface area contributed by atoms with Gasteiger partial charge in [0.1, 0.15) is 5.82 Å². The number of pyridine rings is 1. The molecular formula is C28H31N9O. The molecule has 2 atom stereocenters. The Hall–Kier alpha value is -3.89. The Kier molecular flexibility index (Phi) is 5.98. The number of aliphatic hydroxyl groups excluding tert-OH is 1. The number of aromatic nitrogens is 5. The van der Waals surface area contributed by atoms with E-state index in [1.807, 2.05) is 30.6 Å². The van der Waals surface area contributed by atoms with Crippen LogP contribution < -0.4 is 15.1 Å². The maximum Gasteiger partial charge on any atom is 0.227 e. The molecule has 3 aliphatic rings. The molecule has 0 spiro atoms. The van der Waals surface area contributed by atoms with Crippen LogP contribution in [-0.4, -0.2) is 86.3 Å². The lowest BCUT2D eigenvalue weighted by Crippen LogP contribution is -2.47. The van der Waals surface area contributed by atoms with Crippen LogP contribution in [0, 0.1) is 0 Å². The number of hydrogen-bond donors (Lipinski definition) is 2. The molecule has 3 aliphatic heterocycles. The maximum absolute atomic E-state index is 9.27. The van der Waals surface area contributed by atoms with Crippen LogP contribution in [0.2, 0.25) is 0 Å². The maximum atomic E-state index is 9.27. The van der Waals surface area contributed by atoms with E-state index >= 15 is 0 Å². The average Bonchev–Trinajstić information content (AvgIpc) is 3.72. The van der Waals surface area contributed by atoms with Crippen molar-refractivity contribution in [3.05, 3.63) is 55.0 Å². The fourth-order valence-electron chi connectivity index (χ4n) is 6.02. The van der Waals surface area contributed by atoms with Crippen molar-refractivity contribution in [1.82, 2.24) is 29.8 Å². The second-order valence-corrected chi connectivity index (χ2v) is 10.3. The topological polar surface area (TPSA) is 106 Å². The lowest BCUT2D eigenvalue weighted by molar-refractivity contribution is 0.177. The number of benzene rings is 1. The minimum absolute atomic E-state index is 0.222. The third kappa shape index (κ3) is 4.39. The summed E-state index contributed by atoms with van der Waals surface area (Å²) in [7, 11) is 0. The number of β-amino-alcohol motifs (C(OH)–C–C–N with tert-alkyl or cyclic N) is 1. The van der Waals surface area contributed by atoms with Gasteiger partial charge in [-0.15, -0.1) is 0 Å². The Morgan fingerprint density at radius 1 is 0.921 bits per heavy atom. The summed E-state index contributed by atoms with van der Waals surface area (Å²) in [6.45, 7) is 5.00. The molecule has 10 heteroatoms. The molecule has 2 N–H and O–H groups in total. The number of anilines is 4. The summed E-state index contributed by atoms with van der Waals surface area (Å²) >= 11 is 0. The number of likely N-dealkylation sites (tertiary alicyclic amines) is 1. The SMILES string of the molecule is OCCN1C[C@@H]2CC1CN2c1ccc(Nc2nccc(-c3ccc4nc(N5CCCC5)ncc4c3)n2)cn1. The molecule has 6 heterocycles. The van der Waals surface area contributed by atoms with Gasteiger partial charge in [-0.25, -0.2) is 24.9 Å². The zero-order chi connectivity index (χ0) is 25.5. The Bertz CT molecular complexity index is 1440. The number of nitrogens with one attached hydrogen (secondary N) is 1. The molecule has 4 aromatic rings. The number of rotatable bonds is 7. The number of piperazine rings is 1. The lowest BCUT2D eigenvalue weighted by Gasteiger charge is -2.34. The molecule has 0 radical (unpaired) electrons. The van der Waals surface area contributed by atoms with Crippen LogP contribution in [0.5, 0.6) is 0 Å². The molecule has 3 saturated heterocycles. The second-order valence-electron chi connectivity index (χ2n) is 10.3. The van der Waals surface area contributed by atoms with Crippen molar-refractivity contribution in [2.24, 2.45) is 0 Å². The number of hydrogen-bond acceptors (Lipinski definition) is 10. The predicted molar refractivity (Wildman–Crippen MR) is 148 cm³/mol. The summed E-state index contributed by atoms with van der Waals surface area (Å²) in [4.78, 5) is 30.3. The lowest BCUT2D eigenvalue weighted by atomic mass is 10.1. The largest absolute Gasteiger partial charge is 0.395 e. The first-order valence-corrected chi connectivity index (χ1v) is 13.4. The first kappa shape index (κ1) is 23.2. The minimum atomic E-state index is 0.222. The van der Waals surface area contributed by atoms with Crippen LogP contribution >= 0.6 is 0 Å². The Labute approximate surface area is 221 Å². The highest BCUT2D eigenvalue weighted by Crippen LogP contribution is 2.34.